The van der Waals surface area contributed by atoms with Crippen LogP contribution in [0.15, 0.2) is 55.1 Å². The topological polar surface area (TPSA) is 69.7 Å². The molecule has 1 aliphatic rings. The van der Waals surface area contributed by atoms with Crippen LogP contribution in [0, 0.1) is 0 Å². The van der Waals surface area contributed by atoms with Crippen molar-refractivity contribution in [2.45, 2.75) is 19.9 Å². The predicted octanol–water partition coefficient (Wildman–Crippen LogP) is 2.99. The largest absolute Gasteiger partial charge is 0.334 e. The van der Waals surface area contributed by atoms with Crippen molar-refractivity contribution in [3.8, 4) is 0 Å². The average molecular weight is 377 g/mol. The fourth-order valence-corrected chi connectivity index (χ4v) is 3.34. The fraction of sp³-hybridized carbons (Fsp3) is 0.227. The van der Waals surface area contributed by atoms with Gasteiger partial charge in [-0.05, 0) is 54.0 Å². The average Bonchev–Trinajstić information content (AvgIpc) is 2.71. The third kappa shape index (κ3) is 3.96. The lowest BCUT2D eigenvalue weighted by molar-refractivity contribution is -0.114. The maximum Gasteiger partial charge on any atom is 0.254 e. The second kappa shape index (κ2) is 8.08. The van der Waals surface area contributed by atoms with Gasteiger partial charge in [-0.25, -0.2) is 0 Å². The number of likely N-dealkylation sites (N-methyl/N-ethyl adjacent to an activating group) is 1. The van der Waals surface area contributed by atoms with Crippen LogP contribution in [0.4, 0.5) is 11.4 Å². The molecule has 144 valence electrons. The van der Waals surface area contributed by atoms with Crippen LogP contribution < -0.4 is 10.2 Å². The molecule has 0 radical (unpaired) electrons. The minimum absolute atomic E-state index is 0.0764. The van der Waals surface area contributed by atoms with Gasteiger partial charge in [0.05, 0.1) is 0 Å². The van der Waals surface area contributed by atoms with Crippen LogP contribution in [0.1, 0.15) is 28.4 Å². The zero-order valence-corrected chi connectivity index (χ0v) is 16.1. The quantitative estimate of drug-likeness (QED) is 0.833. The van der Waals surface area contributed by atoms with Crippen LogP contribution in [0.2, 0.25) is 0 Å². The maximum absolute atomic E-state index is 13.0. The number of nitrogens with zero attached hydrogens (tertiary/aromatic N) is 2. The molecule has 1 aliphatic heterocycles. The number of carbonyl (C=O) groups is 3. The van der Waals surface area contributed by atoms with Crippen molar-refractivity contribution in [2.75, 3.05) is 23.8 Å². The molecule has 0 saturated heterocycles. The minimum Gasteiger partial charge on any atom is -0.334 e. The molecule has 0 unspecified atom stereocenters. The highest BCUT2D eigenvalue weighted by Crippen LogP contribution is 2.27. The van der Waals surface area contributed by atoms with Crippen LogP contribution in [0.5, 0.6) is 0 Å². The number of carbonyl (C=O) groups excluding carboxylic acids is 3. The van der Waals surface area contributed by atoms with Gasteiger partial charge in [-0.1, -0.05) is 18.7 Å². The zero-order valence-electron chi connectivity index (χ0n) is 16.1. The molecular formula is C22H23N3O3. The Balaban J connectivity index is 1.78. The lowest BCUT2D eigenvalue weighted by Crippen LogP contribution is -2.36. The molecule has 0 bridgehead atoms. The van der Waals surface area contributed by atoms with E-state index in [9.17, 15) is 14.4 Å². The second-order valence-corrected chi connectivity index (χ2v) is 6.75. The number of hydrogen-bond acceptors (Lipinski definition) is 3. The number of anilines is 2. The number of rotatable bonds is 4. The number of amides is 3. The first-order chi connectivity index (χ1) is 13.4. The smallest absolute Gasteiger partial charge is 0.254 e. The van der Waals surface area contributed by atoms with Gasteiger partial charge in [0, 0.05) is 44.0 Å². The molecule has 2 aromatic rings. The van der Waals surface area contributed by atoms with E-state index in [1.165, 1.54) is 17.9 Å². The van der Waals surface area contributed by atoms with Gasteiger partial charge in [0.15, 0.2) is 0 Å². The lowest BCUT2D eigenvalue weighted by atomic mass is 9.97. The third-order valence-corrected chi connectivity index (χ3v) is 4.88. The summed E-state index contributed by atoms with van der Waals surface area (Å²) in [5.41, 5.74) is 4.13. The summed E-state index contributed by atoms with van der Waals surface area (Å²) in [6, 6.07) is 12.7. The van der Waals surface area contributed by atoms with E-state index >= 15 is 0 Å². The Morgan fingerprint density at radius 2 is 1.86 bits per heavy atom. The van der Waals surface area contributed by atoms with E-state index in [0.29, 0.717) is 24.3 Å². The summed E-state index contributed by atoms with van der Waals surface area (Å²) < 4.78 is 0. The van der Waals surface area contributed by atoms with Crippen molar-refractivity contribution < 1.29 is 14.4 Å². The minimum atomic E-state index is -0.211. The molecule has 28 heavy (non-hydrogen) atoms. The van der Waals surface area contributed by atoms with Crippen LogP contribution in [-0.2, 0) is 22.6 Å². The Hall–Kier alpha value is -3.41. The summed E-state index contributed by atoms with van der Waals surface area (Å²) in [7, 11) is 1.66. The second-order valence-electron chi connectivity index (χ2n) is 6.75. The molecule has 0 aliphatic carbocycles. The zero-order chi connectivity index (χ0) is 20.3. The lowest BCUT2D eigenvalue weighted by Gasteiger charge is -2.30. The van der Waals surface area contributed by atoms with Gasteiger partial charge in [0.25, 0.3) is 5.91 Å². The highest BCUT2D eigenvalue weighted by Gasteiger charge is 2.24. The molecule has 0 saturated carbocycles. The molecule has 3 amide bonds. The van der Waals surface area contributed by atoms with Crippen LogP contribution in [0.3, 0.4) is 0 Å². The maximum atomic E-state index is 13.0. The first-order valence-electron chi connectivity index (χ1n) is 9.08. The Morgan fingerprint density at radius 1 is 1.14 bits per heavy atom. The Morgan fingerprint density at radius 3 is 2.50 bits per heavy atom. The standard InChI is InChI=1S/C22H23N3O3/c1-4-21(27)24(3)18-10-8-17(9-11-18)22(28)25-13-12-16-6-5-7-20(19(16)14-25)23-15(2)26/h4-11H,1,12-14H2,2-3H3,(H,23,26). The van der Waals surface area contributed by atoms with Crippen molar-refractivity contribution in [3.63, 3.8) is 0 Å². The van der Waals surface area contributed by atoms with E-state index in [-0.39, 0.29) is 17.7 Å². The van der Waals surface area contributed by atoms with Crippen LogP contribution >= 0.6 is 0 Å². The molecule has 2 aromatic carbocycles. The fourth-order valence-electron chi connectivity index (χ4n) is 3.34. The van der Waals surface area contributed by atoms with E-state index < -0.39 is 0 Å². The van der Waals surface area contributed by atoms with Gasteiger partial charge >= 0.3 is 0 Å². The van der Waals surface area contributed by atoms with Gasteiger partial charge in [-0.3, -0.25) is 14.4 Å². The summed E-state index contributed by atoms with van der Waals surface area (Å²) in [5.74, 6) is -0.421. The Bertz CT molecular complexity index is 935. The highest BCUT2D eigenvalue weighted by atomic mass is 16.2. The monoisotopic (exact) mass is 377 g/mol. The van der Waals surface area contributed by atoms with E-state index in [1.807, 2.05) is 18.2 Å². The van der Waals surface area contributed by atoms with E-state index in [0.717, 1.165) is 23.2 Å². The van der Waals surface area contributed by atoms with Gasteiger partial charge in [-0.15, -0.1) is 0 Å². The normalized spacial score (nSPS) is 12.7. The van der Waals surface area contributed by atoms with Crippen molar-refractivity contribution in [1.29, 1.82) is 0 Å². The first kappa shape index (κ1) is 19.4. The van der Waals surface area contributed by atoms with Crippen LogP contribution in [0.25, 0.3) is 0 Å². The molecule has 0 fully saturated rings. The molecule has 0 aromatic heterocycles. The van der Waals surface area contributed by atoms with E-state index in [4.69, 9.17) is 0 Å². The van der Waals surface area contributed by atoms with Crippen molar-refractivity contribution >= 4 is 29.1 Å². The molecule has 3 rings (SSSR count). The number of hydrogen-bond donors (Lipinski definition) is 1. The number of nitrogens with one attached hydrogen (secondary N) is 1. The first-order valence-corrected chi connectivity index (χ1v) is 9.08. The summed E-state index contributed by atoms with van der Waals surface area (Å²) in [4.78, 5) is 39.4. The van der Waals surface area contributed by atoms with Crippen LogP contribution in [-0.4, -0.2) is 36.2 Å². The number of benzene rings is 2. The Kier molecular flexibility index (Phi) is 5.59. The third-order valence-electron chi connectivity index (χ3n) is 4.88. The summed E-state index contributed by atoms with van der Waals surface area (Å²) in [6.45, 7) is 6.02. The SMILES string of the molecule is C=CC(=O)N(C)c1ccc(C(=O)N2CCc3cccc(NC(C)=O)c3C2)cc1. The molecular weight excluding hydrogens is 354 g/mol. The van der Waals surface area contributed by atoms with E-state index in [1.54, 1.807) is 36.2 Å². The van der Waals surface area contributed by atoms with Gasteiger partial charge < -0.3 is 15.1 Å². The van der Waals surface area contributed by atoms with Crippen molar-refractivity contribution in [3.05, 3.63) is 71.8 Å². The molecule has 6 nitrogen and oxygen atoms in total. The molecule has 1 heterocycles. The summed E-state index contributed by atoms with van der Waals surface area (Å²) >= 11 is 0. The molecule has 1 N–H and O–H groups in total. The van der Waals surface area contributed by atoms with Crippen molar-refractivity contribution in [1.82, 2.24) is 4.90 Å². The summed E-state index contributed by atoms with van der Waals surface area (Å²) in [6.07, 6.45) is 1.99. The Labute approximate surface area is 164 Å². The van der Waals surface area contributed by atoms with Gasteiger partial charge in [-0.2, -0.15) is 0 Å². The highest BCUT2D eigenvalue weighted by molar-refractivity contribution is 6.01. The molecule has 0 atom stereocenters. The molecule has 6 heteroatoms. The predicted molar refractivity (Wildman–Crippen MR) is 109 cm³/mol. The van der Waals surface area contributed by atoms with Gasteiger partial charge in [0.2, 0.25) is 11.8 Å². The van der Waals surface area contributed by atoms with Crippen molar-refractivity contribution in [2.24, 2.45) is 0 Å². The molecule has 0 spiro atoms. The van der Waals surface area contributed by atoms with Gasteiger partial charge in [0.1, 0.15) is 0 Å². The van der Waals surface area contributed by atoms with E-state index in [2.05, 4.69) is 11.9 Å². The summed E-state index contributed by atoms with van der Waals surface area (Å²) in [5, 5.41) is 2.85. The number of fused-ring (bicyclic) bond motifs is 1.